The summed E-state index contributed by atoms with van der Waals surface area (Å²) in [6, 6.07) is -0.637. The second-order valence-corrected chi connectivity index (χ2v) is 6.69. The van der Waals surface area contributed by atoms with Crippen molar-refractivity contribution in [2.24, 2.45) is 0 Å². The maximum absolute atomic E-state index is 14.2. The maximum atomic E-state index is 14.2. The molecule has 0 aromatic heterocycles. The minimum atomic E-state index is -1.54. The van der Waals surface area contributed by atoms with Crippen LogP contribution in [0.5, 0.6) is 0 Å². The van der Waals surface area contributed by atoms with E-state index < -0.39 is 29.1 Å². The molecule has 0 bridgehead atoms. The van der Waals surface area contributed by atoms with Gasteiger partial charge < -0.3 is 9.47 Å². The summed E-state index contributed by atoms with van der Waals surface area (Å²) in [6.07, 6.45) is -0.541. The Morgan fingerprint density at radius 2 is 1.83 bits per heavy atom. The zero-order valence-corrected chi connectivity index (χ0v) is 12.3. The van der Waals surface area contributed by atoms with Crippen LogP contribution in [0.25, 0.3) is 0 Å². The van der Waals surface area contributed by atoms with Gasteiger partial charge in [0.15, 0.2) is 0 Å². The lowest BCUT2D eigenvalue weighted by Gasteiger charge is -2.37. The highest BCUT2D eigenvalue weighted by Gasteiger charge is 2.51. The zero-order chi connectivity index (χ0) is 14.4. The Morgan fingerprint density at radius 1 is 1.33 bits per heavy atom. The first-order valence-electron chi connectivity index (χ1n) is 6.20. The van der Waals surface area contributed by atoms with E-state index in [1.807, 2.05) is 0 Å². The van der Waals surface area contributed by atoms with Gasteiger partial charge in [0.25, 0.3) is 0 Å². The Bertz CT molecular complexity index is 328. The van der Waals surface area contributed by atoms with E-state index in [-0.39, 0.29) is 6.61 Å². The van der Waals surface area contributed by atoms with Gasteiger partial charge in [0.2, 0.25) is 0 Å². The van der Waals surface area contributed by atoms with Gasteiger partial charge in [-0.15, -0.1) is 0 Å². The quantitative estimate of drug-likeness (QED) is 0.728. The highest BCUT2D eigenvalue weighted by atomic mass is 19.1. The van der Waals surface area contributed by atoms with E-state index in [1.54, 1.807) is 34.6 Å². The standard InChI is InChI=1S/C13H24FNO3/c1-11(2,3)18-10(16)15-9(12(4,5)14)8-17-13(15,6)7/h9H,8H2,1-7H3/t9-/m1/s1. The molecule has 0 saturated carbocycles. The molecule has 1 fully saturated rings. The largest absolute Gasteiger partial charge is 0.444 e. The van der Waals surface area contributed by atoms with E-state index >= 15 is 0 Å². The summed E-state index contributed by atoms with van der Waals surface area (Å²) in [5, 5.41) is 0. The van der Waals surface area contributed by atoms with Crippen LogP contribution >= 0.6 is 0 Å². The van der Waals surface area contributed by atoms with Crippen molar-refractivity contribution in [2.75, 3.05) is 6.61 Å². The first-order chi connectivity index (χ1) is 7.84. The number of carbonyl (C=O) groups is 1. The molecule has 0 N–H and O–H groups in total. The monoisotopic (exact) mass is 261 g/mol. The first-order valence-corrected chi connectivity index (χ1v) is 6.20. The van der Waals surface area contributed by atoms with E-state index in [1.165, 1.54) is 18.7 Å². The van der Waals surface area contributed by atoms with Crippen LogP contribution in [0.3, 0.4) is 0 Å². The second-order valence-electron chi connectivity index (χ2n) is 6.69. The summed E-state index contributed by atoms with van der Waals surface area (Å²) in [5.41, 5.74) is -3.00. The van der Waals surface area contributed by atoms with Crippen LogP contribution in [-0.4, -0.2) is 40.6 Å². The van der Waals surface area contributed by atoms with Crippen LogP contribution in [0.4, 0.5) is 9.18 Å². The van der Waals surface area contributed by atoms with Crippen molar-refractivity contribution in [2.45, 2.75) is 71.5 Å². The van der Waals surface area contributed by atoms with Gasteiger partial charge in [-0.3, -0.25) is 4.90 Å². The summed E-state index contributed by atoms with van der Waals surface area (Å²) in [6.45, 7) is 11.9. The molecule has 1 aliphatic rings. The molecule has 4 nitrogen and oxygen atoms in total. The van der Waals surface area contributed by atoms with Crippen LogP contribution in [-0.2, 0) is 9.47 Å². The van der Waals surface area contributed by atoms with Gasteiger partial charge in [0.05, 0.1) is 12.6 Å². The molecule has 1 saturated heterocycles. The molecule has 0 aromatic carbocycles. The lowest BCUT2D eigenvalue weighted by molar-refractivity contribution is -0.0686. The third-order valence-corrected chi connectivity index (χ3v) is 2.87. The Kier molecular flexibility index (Phi) is 3.69. The number of hydrogen-bond donors (Lipinski definition) is 0. The summed E-state index contributed by atoms with van der Waals surface area (Å²) < 4.78 is 25.0. The fraction of sp³-hybridized carbons (Fsp3) is 0.923. The van der Waals surface area contributed by atoms with Crippen molar-refractivity contribution in [3.8, 4) is 0 Å². The molecule has 1 heterocycles. The van der Waals surface area contributed by atoms with E-state index in [9.17, 15) is 9.18 Å². The van der Waals surface area contributed by atoms with Crippen molar-refractivity contribution in [1.82, 2.24) is 4.90 Å². The van der Waals surface area contributed by atoms with Crippen molar-refractivity contribution >= 4 is 6.09 Å². The van der Waals surface area contributed by atoms with Crippen molar-refractivity contribution in [3.05, 3.63) is 0 Å². The first kappa shape index (κ1) is 15.2. The number of amides is 1. The molecule has 0 spiro atoms. The van der Waals surface area contributed by atoms with Crippen molar-refractivity contribution in [3.63, 3.8) is 0 Å². The fourth-order valence-electron chi connectivity index (χ4n) is 1.97. The topological polar surface area (TPSA) is 38.8 Å². The van der Waals surface area contributed by atoms with E-state index in [0.717, 1.165) is 0 Å². The van der Waals surface area contributed by atoms with Gasteiger partial charge in [-0.1, -0.05) is 0 Å². The minimum absolute atomic E-state index is 0.176. The van der Waals surface area contributed by atoms with Gasteiger partial charge in [0.1, 0.15) is 17.0 Å². The lowest BCUT2D eigenvalue weighted by atomic mass is 10.00. The summed E-state index contributed by atoms with van der Waals surface area (Å²) >= 11 is 0. The van der Waals surface area contributed by atoms with Gasteiger partial charge in [0, 0.05) is 0 Å². The number of hydrogen-bond acceptors (Lipinski definition) is 3. The number of ether oxygens (including phenoxy) is 2. The van der Waals surface area contributed by atoms with Crippen LogP contribution in [0.15, 0.2) is 0 Å². The molecule has 5 heteroatoms. The Balaban J connectivity index is 2.96. The van der Waals surface area contributed by atoms with Crippen molar-refractivity contribution in [1.29, 1.82) is 0 Å². The van der Waals surface area contributed by atoms with Crippen LogP contribution in [0.1, 0.15) is 48.5 Å². The van der Waals surface area contributed by atoms with Crippen LogP contribution in [0.2, 0.25) is 0 Å². The molecule has 106 valence electrons. The number of carbonyl (C=O) groups excluding carboxylic acids is 1. The molecule has 1 rings (SSSR count). The Labute approximate surface area is 108 Å². The molecule has 1 atom stereocenters. The molecule has 18 heavy (non-hydrogen) atoms. The van der Waals surface area contributed by atoms with Crippen molar-refractivity contribution < 1.29 is 18.7 Å². The summed E-state index contributed by atoms with van der Waals surface area (Å²) in [5.74, 6) is 0. The van der Waals surface area contributed by atoms with E-state index in [0.29, 0.717) is 0 Å². The number of halogens is 1. The summed E-state index contributed by atoms with van der Waals surface area (Å²) in [7, 11) is 0. The molecule has 0 unspecified atom stereocenters. The van der Waals surface area contributed by atoms with E-state index in [4.69, 9.17) is 9.47 Å². The molecule has 0 radical (unpaired) electrons. The number of nitrogens with zero attached hydrogens (tertiary/aromatic N) is 1. The predicted molar refractivity (Wildman–Crippen MR) is 67.1 cm³/mol. The molecular weight excluding hydrogens is 237 g/mol. The average Bonchev–Trinajstić information content (AvgIpc) is 2.36. The third-order valence-electron chi connectivity index (χ3n) is 2.87. The molecular formula is C13H24FNO3. The number of alkyl halides is 1. The average molecular weight is 261 g/mol. The van der Waals surface area contributed by atoms with Crippen LogP contribution in [0, 0.1) is 0 Å². The maximum Gasteiger partial charge on any atom is 0.413 e. The molecule has 0 aliphatic carbocycles. The molecule has 0 aromatic rings. The van der Waals surface area contributed by atoms with E-state index in [2.05, 4.69) is 0 Å². The lowest BCUT2D eigenvalue weighted by Crippen LogP contribution is -2.55. The van der Waals surface area contributed by atoms with Gasteiger partial charge in [-0.25, -0.2) is 9.18 Å². The Morgan fingerprint density at radius 3 is 2.22 bits per heavy atom. The molecule has 1 amide bonds. The third kappa shape index (κ3) is 3.34. The fourth-order valence-corrected chi connectivity index (χ4v) is 1.97. The molecule has 1 aliphatic heterocycles. The normalized spacial score (nSPS) is 24.2. The SMILES string of the molecule is CC(C)(C)OC(=O)N1[C@@H](C(C)(C)F)COC1(C)C. The number of rotatable bonds is 1. The van der Waals surface area contributed by atoms with Crippen LogP contribution < -0.4 is 0 Å². The highest BCUT2D eigenvalue weighted by Crippen LogP contribution is 2.35. The highest BCUT2D eigenvalue weighted by molar-refractivity contribution is 5.70. The van der Waals surface area contributed by atoms with Gasteiger partial charge in [-0.2, -0.15) is 0 Å². The van der Waals surface area contributed by atoms with Gasteiger partial charge >= 0.3 is 6.09 Å². The smallest absolute Gasteiger partial charge is 0.413 e. The zero-order valence-electron chi connectivity index (χ0n) is 12.3. The predicted octanol–water partition coefficient (Wildman–Crippen LogP) is 3.11. The minimum Gasteiger partial charge on any atom is -0.444 e. The summed E-state index contributed by atoms with van der Waals surface area (Å²) in [4.78, 5) is 13.6. The Hall–Kier alpha value is -0.840. The van der Waals surface area contributed by atoms with Gasteiger partial charge in [-0.05, 0) is 48.5 Å². The second kappa shape index (κ2) is 4.37.